The van der Waals surface area contributed by atoms with Gasteiger partial charge in [-0.2, -0.15) is 5.10 Å². The maximum absolute atomic E-state index is 12.9. The Bertz CT molecular complexity index is 1120. The second-order valence-electron chi connectivity index (χ2n) is 7.92. The van der Waals surface area contributed by atoms with E-state index >= 15 is 0 Å². The van der Waals surface area contributed by atoms with Crippen molar-refractivity contribution in [3.63, 3.8) is 0 Å². The summed E-state index contributed by atoms with van der Waals surface area (Å²) in [6.45, 7) is 4.06. The summed E-state index contributed by atoms with van der Waals surface area (Å²) < 4.78 is 59.7. The lowest BCUT2D eigenvalue weighted by atomic mass is 10.1. The molecule has 1 N–H and O–H groups in total. The van der Waals surface area contributed by atoms with Crippen LogP contribution in [-0.4, -0.2) is 65.2 Å². The Labute approximate surface area is 184 Å². The van der Waals surface area contributed by atoms with Crippen molar-refractivity contribution in [2.24, 2.45) is 0 Å². The number of methoxy groups -OCH3 is 1. The molecular weight excluding hydrogens is 446 g/mol. The fraction of sp³-hybridized carbons (Fsp3) is 0.526. The average Bonchev–Trinajstić information content (AvgIpc) is 3.23. The third kappa shape index (κ3) is 3.90. The van der Waals surface area contributed by atoms with Crippen molar-refractivity contribution in [2.45, 2.75) is 51.6 Å². The van der Waals surface area contributed by atoms with Gasteiger partial charge in [0.15, 0.2) is 0 Å². The maximum Gasteiger partial charge on any atom is 0.322 e. The van der Waals surface area contributed by atoms with Crippen molar-refractivity contribution in [1.29, 1.82) is 0 Å². The lowest BCUT2D eigenvalue weighted by Gasteiger charge is -2.35. The van der Waals surface area contributed by atoms with Crippen LogP contribution in [0.1, 0.15) is 31.7 Å². The molecule has 2 aliphatic heterocycles. The summed E-state index contributed by atoms with van der Waals surface area (Å²) in [4.78, 5) is 18.0. The van der Waals surface area contributed by atoms with Crippen molar-refractivity contribution >= 4 is 27.4 Å². The summed E-state index contributed by atoms with van der Waals surface area (Å²) in [5, 5.41) is 6.95. The van der Waals surface area contributed by atoms with E-state index in [1.807, 2.05) is 6.92 Å². The monoisotopic (exact) mass is 470 g/mol. The molecule has 0 spiro atoms. The van der Waals surface area contributed by atoms with Crippen molar-refractivity contribution in [3.05, 3.63) is 35.9 Å². The highest BCUT2D eigenvalue weighted by Gasteiger charge is 2.45. The molecule has 2 aromatic heterocycles. The largest absolute Gasteiger partial charge is 0.378 e. The molecular formula is C19H24F2N6O4S. The van der Waals surface area contributed by atoms with Crippen LogP contribution in [0.4, 0.5) is 25.0 Å². The van der Waals surface area contributed by atoms with E-state index in [0.29, 0.717) is 17.9 Å². The van der Waals surface area contributed by atoms with Crippen LogP contribution in [0.5, 0.6) is 0 Å². The molecule has 4 rings (SSSR count). The van der Waals surface area contributed by atoms with E-state index < -0.39 is 40.3 Å². The summed E-state index contributed by atoms with van der Waals surface area (Å²) >= 11 is 0. The van der Waals surface area contributed by atoms with Crippen molar-refractivity contribution in [1.82, 2.24) is 19.7 Å². The number of fused-ring (bicyclic) bond motifs is 1. The normalized spacial score (nSPS) is 24.6. The van der Waals surface area contributed by atoms with Crippen molar-refractivity contribution < 1.29 is 26.7 Å². The number of hydrogen-bond donors (Lipinski definition) is 1. The highest BCUT2D eigenvalue weighted by Crippen LogP contribution is 2.35. The number of hydrogen-bond acceptors (Lipinski definition) is 6. The van der Waals surface area contributed by atoms with Crippen LogP contribution in [0.25, 0.3) is 0 Å². The van der Waals surface area contributed by atoms with Gasteiger partial charge in [-0.05, 0) is 26.0 Å². The standard InChI is InChI=1S/C19H24F2N6O4S/c1-11-8-26-16(15(7-23-26)27-12(2)17(31-3)10-32(27,29)30)9-25(11)19(28)24-13-4-5-22-14(6-13)18(20)21/h4-7,11-12,17-18H,8-10H2,1-3H3,(H,22,24,28)/t11-,12?,17?/m0/s1. The minimum absolute atomic E-state index is 0.103. The van der Waals surface area contributed by atoms with Gasteiger partial charge < -0.3 is 15.0 Å². The summed E-state index contributed by atoms with van der Waals surface area (Å²) in [5.41, 5.74) is 0.750. The molecule has 10 nitrogen and oxygen atoms in total. The van der Waals surface area contributed by atoms with Gasteiger partial charge in [-0.15, -0.1) is 0 Å². The molecule has 0 radical (unpaired) electrons. The molecule has 1 fully saturated rings. The fourth-order valence-electron chi connectivity index (χ4n) is 4.15. The second kappa shape index (κ2) is 8.28. The lowest BCUT2D eigenvalue weighted by molar-refractivity contribution is 0.111. The predicted octanol–water partition coefficient (Wildman–Crippen LogP) is 2.21. The molecule has 1 saturated heterocycles. The number of halogens is 2. The van der Waals surface area contributed by atoms with Gasteiger partial charge in [0, 0.05) is 19.0 Å². The molecule has 4 heterocycles. The number of rotatable bonds is 4. The van der Waals surface area contributed by atoms with Gasteiger partial charge in [0.25, 0.3) is 6.43 Å². The number of carbonyl (C=O) groups excluding carboxylic acids is 1. The van der Waals surface area contributed by atoms with Gasteiger partial charge in [-0.3, -0.25) is 14.0 Å². The smallest absolute Gasteiger partial charge is 0.322 e. The molecule has 0 aromatic carbocycles. The number of nitrogens with one attached hydrogen (secondary N) is 1. The minimum Gasteiger partial charge on any atom is -0.378 e. The Morgan fingerprint density at radius 2 is 2.09 bits per heavy atom. The first kappa shape index (κ1) is 22.4. The molecule has 2 amide bonds. The number of aromatic nitrogens is 3. The van der Waals surface area contributed by atoms with Crippen molar-refractivity contribution in [2.75, 3.05) is 22.5 Å². The van der Waals surface area contributed by atoms with Crippen molar-refractivity contribution in [3.8, 4) is 0 Å². The van der Waals surface area contributed by atoms with Gasteiger partial charge in [-0.1, -0.05) is 0 Å². The lowest BCUT2D eigenvalue weighted by Crippen LogP contribution is -2.47. The van der Waals surface area contributed by atoms with E-state index in [1.165, 1.54) is 34.8 Å². The molecule has 32 heavy (non-hydrogen) atoms. The van der Waals surface area contributed by atoms with Crippen LogP contribution in [0, 0.1) is 0 Å². The molecule has 2 aromatic rings. The zero-order chi connectivity index (χ0) is 23.2. The number of anilines is 2. The second-order valence-corrected chi connectivity index (χ2v) is 9.82. The molecule has 0 bridgehead atoms. The quantitative estimate of drug-likeness (QED) is 0.734. The third-order valence-corrected chi connectivity index (χ3v) is 7.73. The first-order valence-corrected chi connectivity index (χ1v) is 11.6. The van der Waals surface area contributed by atoms with Gasteiger partial charge >= 0.3 is 6.03 Å². The molecule has 2 aliphatic rings. The Balaban J connectivity index is 1.59. The highest BCUT2D eigenvalue weighted by atomic mass is 32.2. The maximum atomic E-state index is 12.9. The summed E-state index contributed by atoms with van der Waals surface area (Å²) in [6, 6.07) is 1.37. The van der Waals surface area contributed by atoms with Crippen LogP contribution in [0.3, 0.4) is 0 Å². The van der Waals surface area contributed by atoms with Crippen LogP contribution in [-0.2, 0) is 27.8 Å². The minimum atomic E-state index is -3.61. The van der Waals surface area contributed by atoms with Crippen LogP contribution < -0.4 is 9.62 Å². The fourth-order valence-corrected chi connectivity index (χ4v) is 6.23. The number of amides is 2. The van der Waals surface area contributed by atoms with Crippen LogP contribution in [0.15, 0.2) is 24.5 Å². The van der Waals surface area contributed by atoms with E-state index in [9.17, 15) is 22.0 Å². The zero-order valence-electron chi connectivity index (χ0n) is 17.8. The highest BCUT2D eigenvalue weighted by molar-refractivity contribution is 7.93. The Morgan fingerprint density at radius 1 is 1.34 bits per heavy atom. The van der Waals surface area contributed by atoms with E-state index in [2.05, 4.69) is 15.4 Å². The number of alkyl halides is 2. The van der Waals surface area contributed by atoms with E-state index in [4.69, 9.17) is 4.74 Å². The number of pyridine rings is 1. The molecule has 174 valence electrons. The zero-order valence-corrected chi connectivity index (χ0v) is 18.6. The van der Waals surface area contributed by atoms with Crippen LogP contribution >= 0.6 is 0 Å². The molecule has 13 heteroatoms. The number of carbonyl (C=O) groups is 1. The number of ether oxygens (including phenoxy) is 1. The van der Waals surface area contributed by atoms with Gasteiger partial charge in [0.1, 0.15) is 5.69 Å². The Kier molecular flexibility index (Phi) is 5.79. The molecule has 0 aliphatic carbocycles. The Morgan fingerprint density at radius 3 is 2.75 bits per heavy atom. The summed E-state index contributed by atoms with van der Waals surface area (Å²) in [5.74, 6) is -0.135. The number of nitrogens with zero attached hydrogens (tertiary/aromatic N) is 5. The molecule has 2 unspecified atom stereocenters. The topological polar surface area (TPSA) is 110 Å². The van der Waals surface area contributed by atoms with E-state index in [-0.39, 0.29) is 24.0 Å². The first-order chi connectivity index (χ1) is 15.1. The summed E-state index contributed by atoms with van der Waals surface area (Å²) in [7, 11) is -2.14. The number of urea groups is 1. The third-order valence-electron chi connectivity index (χ3n) is 5.86. The van der Waals surface area contributed by atoms with E-state index in [1.54, 1.807) is 11.6 Å². The van der Waals surface area contributed by atoms with E-state index in [0.717, 1.165) is 6.07 Å². The van der Waals surface area contributed by atoms with Crippen LogP contribution in [0.2, 0.25) is 0 Å². The predicted molar refractivity (Wildman–Crippen MR) is 112 cm³/mol. The first-order valence-electron chi connectivity index (χ1n) is 10.0. The molecule has 3 atom stereocenters. The van der Waals surface area contributed by atoms with Gasteiger partial charge in [0.05, 0.1) is 54.6 Å². The van der Waals surface area contributed by atoms with Gasteiger partial charge in [0.2, 0.25) is 10.0 Å². The van der Waals surface area contributed by atoms with Gasteiger partial charge in [-0.25, -0.2) is 22.0 Å². The summed E-state index contributed by atoms with van der Waals surface area (Å²) in [6.07, 6.45) is -0.533. The Hall–Kier alpha value is -2.80. The SMILES string of the molecule is COC1CS(=O)(=O)N(c2cnn3c2CN(C(=O)Nc2ccnc(C(F)F)c2)[C@@H](C)C3)C1C. The molecule has 0 saturated carbocycles. The number of sulfonamides is 1. The average molecular weight is 471 g/mol.